The number of hydrogen-bond acceptors (Lipinski definition) is 13. The van der Waals surface area contributed by atoms with Crippen molar-refractivity contribution in [1.29, 1.82) is 0 Å². The van der Waals surface area contributed by atoms with Crippen molar-refractivity contribution >= 4 is 5.97 Å². The molecule has 0 radical (unpaired) electrons. The van der Waals surface area contributed by atoms with Gasteiger partial charge in [-0.3, -0.25) is 0 Å². The molecule has 1 saturated carbocycles. The number of hydrogen-bond donors (Lipinski definition) is 6. The molecule has 0 aromatic heterocycles. The zero-order valence-electron chi connectivity index (χ0n) is 19.1. The monoisotopic (exact) mass is 512 g/mol. The smallest absolute Gasteiger partial charge is 0.338 e. The molecule has 0 spiro atoms. The molecule has 2 saturated heterocycles. The first-order valence-corrected chi connectivity index (χ1v) is 11.4. The van der Waals surface area contributed by atoms with Crippen molar-refractivity contribution in [2.45, 2.75) is 54.8 Å². The Labute approximate surface area is 205 Å². The number of ether oxygens (including phenoxy) is 6. The number of phenols is 1. The van der Waals surface area contributed by atoms with Crippen LogP contribution in [-0.2, 0) is 23.7 Å². The summed E-state index contributed by atoms with van der Waals surface area (Å²) in [6.45, 7) is -1.07. The van der Waals surface area contributed by atoms with E-state index in [4.69, 9.17) is 28.4 Å². The van der Waals surface area contributed by atoms with Gasteiger partial charge in [-0.05, 0) is 24.3 Å². The topological polar surface area (TPSA) is 197 Å². The number of aliphatic hydroxyl groups is 5. The minimum Gasteiger partial charge on any atom is -0.504 e. The first-order valence-electron chi connectivity index (χ1n) is 11.4. The number of methoxy groups -OCH3 is 1. The van der Waals surface area contributed by atoms with E-state index in [1.807, 2.05) is 0 Å². The summed E-state index contributed by atoms with van der Waals surface area (Å²) >= 11 is 0. The molecule has 1 aliphatic carbocycles. The lowest BCUT2D eigenvalue weighted by atomic mass is 9.85. The zero-order chi connectivity index (χ0) is 25.8. The van der Waals surface area contributed by atoms with Crippen LogP contribution in [0.1, 0.15) is 10.4 Å². The van der Waals surface area contributed by atoms with Gasteiger partial charge in [-0.1, -0.05) is 0 Å². The average molecular weight is 512 g/mol. The minimum absolute atomic E-state index is 0.0973. The van der Waals surface area contributed by atoms with Gasteiger partial charge in [-0.25, -0.2) is 4.79 Å². The zero-order valence-corrected chi connectivity index (χ0v) is 19.1. The van der Waals surface area contributed by atoms with Crippen molar-refractivity contribution in [2.75, 3.05) is 20.3 Å². The Morgan fingerprint density at radius 2 is 1.89 bits per heavy atom. The van der Waals surface area contributed by atoms with Crippen LogP contribution in [0, 0.1) is 11.8 Å². The van der Waals surface area contributed by atoms with Crippen LogP contribution in [0.2, 0.25) is 0 Å². The molecule has 0 amide bonds. The molecule has 11 atom stereocenters. The molecule has 0 bridgehead atoms. The minimum atomic E-state index is -1.66. The van der Waals surface area contributed by atoms with E-state index in [1.165, 1.54) is 31.6 Å². The highest BCUT2D eigenvalue weighted by Gasteiger charge is 2.77. The third-order valence-electron chi connectivity index (χ3n) is 7.26. The van der Waals surface area contributed by atoms with E-state index >= 15 is 0 Å². The number of aromatic hydroxyl groups is 1. The fourth-order valence-corrected chi connectivity index (χ4v) is 5.28. The maximum atomic E-state index is 12.9. The summed E-state index contributed by atoms with van der Waals surface area (Å²) in [4.78, 5) is 12.9. The average Bonchev–Trinajstić information content (AvgIpc) is 3.56. The molecule has 3 heterocycles. The van der Waals surface area contributed by atoms with Crippen LogP contribution in [0.5, 0.6) is 11.5 Å². The maximum Gasteiger partial charge on any atom is 0.338 e. The van der Waals surface area contributed by atoms with Crippen LogP contribution in [0.15, 0.2) is 30.5 Å². The summed E-state index contributed by atoms with van der Waals surface area (Å²) in [6.07, 6.45) is -7.19. The van der Waals surface area contributed by atoms with Crippen molar-refractivity contribution in [2.24, 2.45) is 11.8 Å². The van der Waals surface area contributed by atoms with Crippen LogP contribution < -0.4 is 4.74 Å². The highest BCUT2D eigenvalue weighted by Crippen LogP contribution is 2.60. The predicted octanol–water partition coefficient (Wildman–Crippen LogP) is -2.01. The second kappa shape index (κ2) is 9.43. The second-order valence-corrected chi connectivity index (χ2v) is 9.18. The number of carbonyl (C=O) groups excluding carboxylic acids is 1. The Bertz CT molecular complexity index is 1010. The van der Waals surface area contributed by atoms with E-state index in [1.54, 1.807) is 6.08 Å². The number of carbonyl (C=O) groups is 1. The van der Waals surface area contributed by atoms with Gasteiger partial charge in [0.2, 0.25) is 6.29 Å². The van der Waals surface area contributed by atoms with Gasteiger partial charge in [-0.15, -0.1) is 0 Å². The van der Waals surface area contributed by atoms with Crippen molar-refractivity contribution in [3.8, 4) is 11.5 Å². The Morgan fingerprint density at radius 1 is 1.11 bits per heavy atom. The van der Waals surface area contributed by atoms with Crippen molar-refractivity contribution < 1.29 is 63.9 Å². The Balaban J connectivity index is 1.35. The van der Waals surface area contributed by atoms with E-state index in [2.05, 4.69) is 0 Å². The molecular weight excluding hydrogens is 484 g/mol. The van der Waals surface area contributed by atoms with Gasteiger partial charge >= 0.3 is 5.97 Å². The lowest BCUT2D eigenvalue weighted by Crippen LogP contribution is -2.60. The van der Waals surface area contributed by atoms with Gasteiger partial charge in [0.05, 0.1) is 38.1 Å². The van der Waals surface area contributed by atoms with Gasteiger partial charge in [0.15, 0.2) is 17.8 Å². The van der Waals surface area contributed by atoms with Gasteiger partial charge in [0.1, 0.15) is 42.2 Å². The summed E-state index contributed by atoms with van der Waals surface area (Å²) in [5.74, 6) is -1.95. The first kappa shape index (κ1) is 25.2. The molecule has 5 rings (SSSR count). The number of fused-ring (bicyclic) bond motifs is 3. The molecule has 1 aromatic rings. The number of aliphatic hydroxyl groups excluding tert-OH is 5. The van der Waals surface area contributed by atoms with Gasteiger partial charge < -0.3 is 59.1 Å². The molecule has 3 aliphatic heterocycles. The summed E-state index contributed by atoms with van der Waals surface area (Å²) < 4.78 is 33.4. The van der Waals surface area contributed by atoms with E-state index in [0.717, 1.165) is 0 Å². The molecule has 1 aromatic carbocycles. The highest BCUT2D eigenvalue weighted by molar-refractivity contribution is 5.90. The molecule has 3 fully saturated rings. The molecule has 4 aliphatic rings. The van der Waals surface area contributed by atoms with Crippen LogP contribution in [-0.4, -0.2) is 112 Å². The SMILES string of the molecule is COc1cc(C(=O)O[C@H]2[C@@H]3C=CO[C@@H](O[C@@H]4O[C@H](CO)[C@H](O)[C@H](O)[C@H]4O)[C@@H]3[C@@]3(CO)O[C@@H]23)ccc1O. The quantitative estimate of drug-likeness (QED) is 0.173. The normalized spacial score (nSPS) is 42.7. The molecule has 13 nitrogen and oxygen atoms in total. The number of phenolic OH excluding ortho intramolecular Hbond substituents is 1. The maximum absolute atomic E-state index is 12.9. The third kappa shape index (κ3) is 3.92. The van der Waals surface area contributed by atoms with E-state index < -0.39 is 85.8 Å². The summed E-state index contributed by atoms with van der Waals surface area (Å²) in [7, 11) is 1.35. The molecule has 13 heteroatoms. The highest BCUT2D eigenvalue weighted by atomic mass is 16.8. The summed E-state index contributed by atoms with van der Waals surface area (Å²) in [6, 6.07) is 4.02. The molecular formula is C23H28O13. The Hall–Kier alpha value is -2.49. The van der Waals surface area contributed by atoms with Crippen molar-refractivity contribution in [1.82, 2.24) is 0 Å². The van der Waals surface area contributed by atoms with Gasteiger partial charge in [-0.2, -0.15) is 0 Å². The van der Waals surface area contributed by atoms with Crippen molar-refractivity contribution in [3.05, 3.63) is 36.1 Å². The predicted molar refractivity (Wildman–Crippen MR) is 114 cm³/mol. The molecule has 0 unspecified atom stereocenters. The Kier molecular flexibility index (Phi) is 6.59. The van der Waals surface area contributed by atoms with Crippen LogP contribution in [0.4, 0.5) is 0 Å². The van der Waals surface area contributed by atoms with E-state index in [0.29, 0.717) is 0 Å². The molecule has 6 N–H and O–H groups in total. The van der Waals surface area contributed by atoms with Crippen LogP contribution >= 0.6 is 0 Å². The lowest BCUT2D eigenvalue weighted by Gasteiger charge is -2.43. The van der Waals surface area contributed by atoms with Gasteiger partial charge in [0.25, 0.3) is 0 Å². The fraction of sp³-hybridized carbons (Fsp3) is 0.609. The number of rotatable bonds is 7. The number of epoxide rings is 1. The lowest BCUT2D eigenvalue weighted by molar-refractivity contribution is -0.344. The molecule has 36 heavy (non-hydrogen) atoms. The standard InChI is InChI=1S/C23H28O13/c1-31-12-6-9(2-3-11(12)26)20(30)34-18-10-4-5-32-21(14(10)23(8-25)19(18)36-23)35-22-17(29)16(28)15(27)13(7-24)33-22/h2-6,10,13-19,21-22,24-29H,7-8H2,1H3/t10-,13-,14-,15+,16+,17-,18+,19+,21+,22+,23-/m1/s1. The number of esters is 1. The summed E-state index contributed by atoms with van der Waals surface area (Å²) in [5.41, 5.74) is -1.03. The summed E-state index contributed by atoms with van der Waals surface area (Å²) in [5, 5.41) is 59.8. The van der Waals surface area contributed by atoms with Crippen molar-refractivity contribution in [3.63, 3.8) is 0 Å². The van der Waals surface area contributed by atoms with E-state index in [-0.39, 0.29) is 17.1 Å². The van der Waals surface area contributed by atoms with Gasteiger partial charge in [0, 0.05) is 5.92 Å². The second-order valence-electron chi connectivity index (χ2n) is 9.18. The molecule has 198 valence electrons. The number of benzene rings is 1. The first-order chi connectivity index (χ1) is 17.2. The Morgan fingerprint density at radius 3 is 2.58 bits per heavy atom. The van der Waals surface area contributed by atoms with Crippen LogP contribution in [0.3, 0.4) is 0 Å². The van der Waals surface area contributed by atoms with E-state index in [9.17, 15) is 35.4 Å². The fourth-order valence-electron chi connectivity index (χ4n) is 5.28. The van der Waals surface area contributed by atoms with Crippen LogP contribution in [0.25, 0.3) is 0 Å². The largest absolute Gasteiger partial charge is 0.504 e. The third-order valence-corrected chi connectivity index (χ3v) is 7.26.